The zero-order valence-corrected chi connectivity index (χ0v) is 2.80. The largest absolute Gasteiger partial charge is 0.350 e. The van der Waals surface area contributed by atoms with Gasteiger partial charge < -0.3 is 4.89 Å². The van der Waals surface area contributed by atoms with E-state index in [1.165, 1.54) is 0 Å². The minimum atomic E-state index is -0.804. The molecule has 4 heavy (non-hydrogen) atoms. The molecule has 0 aliphatic rings. The van der Waals surface area contributed by atoms with E-state index in [0.29, 0.717) is 0 Å². The first-order valence-electron chi connectivity index (χ1n) is 0.610. The molecular weight excluding hydrogens is 79.0 g/mol. The molecule has 1 atom stereocenters. The van der Waals surface area contributed by atoms with Gasteiger partial charge in [-0.15, -0.1) is 0 Å². The molecule has 4 heteroatoms. The molecule has 0 fully saturated rings. The van der Waals surface area contributed by atoms with Crippen molar-refractivity contribution in [3.8, 4) is 0 Å². The monoisotopic (exact) mass is 82.0 g/mol. The molecule has 0 rings (SSSR count). The molecule has 26 valence electrons. The van der Waals surface area contributed by atoms with Gasteiger partial charge in [0.25, 0.3) is 0 Å². The highest BCUT2D eigenvalue weighted by atomic mass is 31.1. The van der Waals surface area contributed by atoms with Crippen molar-refractivity contribution in [2.24, 2.45) is 0 Å². The van der Waals surface area contributed by atoms with Gasteiger partial charge in [0.05, 0.1) is 0 Å². The van der Waals surface area contributed by atoms with E-state index in [9.17, 15) is 0 Å². The highest BCUT2D eigenvalue weighted by Crippen LogP contribution is 1.95. The summed E-state index contributed by atoms with van der Waals surface area (Å²) in [6.45, 7) is 0. The fraction of sp³-hybridized carbons (Fsp3) is 0. The number of hydrogen-bond acceptors (Lipinski definition) is 3. The second-order valence-corrected chi connectivity index (χ2v) is 0.548. The third-order valence-electron chi connectivity index (χ3n) is 0.0408. The Hall–Kier alpha value is 0.310. The van der Waals surface area contributed by atoms with Crippen LogP contribution < -0.4 is 0 Å². The quantitative estimate of drug-likeness (QED) is 0.265. The fourth-order valence-corrected chi connectivity index (χ4v) is 0. The van der Waals surface area contributed by atoms with Crippen LogP contribution in [0.1, 0.15) is 0 Å². The van der Waals surface area contributed by atoms with Crippen molar-refractivity contribution in [1.29, 1.82) is 0 Å². The predicted octanol–water partition coefficient (Wildman–Crippen LogP) is -0.0232. The summed E-state index contributed by atoms with van der Waals surface area (Å²) in [6.07, 6.45) is 0. The standard InChI is InChI=1S/H3O3P/c1-3-4-2/h1-2,4H. The molecule has 0 aromatic heterocycles. The average Bonchev–Trinajstić information content (AvgIpc) is 1.37. The van der Waals surface area contributed by atoms with Crippen molar-refractivity contribution >= 4 is 9.03 Å². The van der Waals surface area contributed by atoms with E-state index in [2.05, 4.69) is 4.67 Å². The van der Waals surface area contributed by atoms with Gasteiger partial charge in [-0.2, -0.15) is 4.67 Å². The summed E-state index contributed by atoms with van der Waals surface area (Å²) in [6, 6.07) is 0. The van der Waals surface area contributed by atoms with Crippen molar-refractivity contribution in [2.45, 2.75) is 0 Å². The van der Waals surface area contributed by atoms with Crippen molar-refractivity contribution in [3.05, 3.63) is 0 Å². The van der Waals surface area contributed by atoms with Crippen molar-refractivity contribution < 1.29 is 14.8 Å². The maximum atomic E-state index is 7.43. The first kappa shape index (κ1) is 4.31. The molecular formula is H3O3P. The van der Waals surface area contributed by atoms with Crippen LogP contribution in [-0.4, -0.2) is 10.2 Å². The molecule has 0 radical (unpaired) electrons. The van der Waals surface area contributed by atoms with E-state index in [1.807, 2.05) is 0 Å². The Kier molecular flexibility index (Phi) is 3.57. The van der Waals surface area contributed by atoms with Crippen molar-refractivity contribution in [2.75, 3.05) is 0 Å². The molecule has 0 amide bonds. The Balaban J connectivity index is 1.97. The molecule has 0 saturated heterocycles. The molecule has 0 aromatic carbocycles. The first-order chi connectivity index (χ1) is 1.91. The van der Waals surface area contributed by atoms with Crippen molar-refractivity contribution in [3.63, 3.8) is 0 Å². The second kappa shape index (κ2) is 3.31. The molecule has 0 aliphatic heterocycles. The van der Waals surface area contributed by atoms with Gasteiger partial charge in [-0.25, -0.2) is 5.26 Å². The topological polar surface area (TPSA) is 49.7 Å². The number of rotatable bonds is 1. The molecule has 2 N–H and O–H groups in total. The van der Waals surface area contributed by atoms with Gasteiger partial charge in [-0.1, -0.05) is 0 Å². The van der Waals surface area contributed by atoms with E-state index >= 15 is 0 Å². The van der Waals surface area contributed by atoms with Crippen LogP contribution >= 0.6 is 9.03 Å². The maximum Gasteiger partial charge on any atom is 0.191 e. The Morgan fingerprint density at radius 2 is 2.00 bits per heavy atom. The van der Waals surface area contributed by atoms with Crippen LogP contribution in [-0.2, 0) is 4.67 Å². The zero-order valence-electron chi connectivity index (χ0n) is 1.80. The lowest BCUT2D eigenvalue weighted by atomic mass is 15.0. The van der Waals surface area contributed by atoms with Crippen LogP contribution in [0.15, 0.2) is 0 Å². The van der Waals surface area contributed by atoms with E-state index in [4.69, 9.17) is 10.2 Å². The van der Waals surface area contributed by atoms with E-state index in [0.717, 1.165) is 0 Å². The molecule has 0 aliphatic carbocycles. The van der Waals surface area contributed by atoms with E-state index in [-0.39, 0.29) is 0 Å². The maximum absolute atomic E-state index is 7.43. The Morgan fingerprint density at radius 3 is 2.00 bits per heavy atom. The van der Waals surface area contributed by atoms with Crippen LogP contribution in [0.5, 0.6) is 0 Å². The van der Waals surface area contributed by atoms with Gasteiger partial charge in [0.15, 0.2) is 9.03 Å². The predicted molar refractivity (Wildman–Crippen MR) is 14.2 cm³/mol. The lowest BCUT2D eigenvalue weighted by molar-refractivity contribution is -0.130. The molecule has 0 aromatic rings. The molecule has 0 heterocycles. The average molecular weight is 82.0 g/mol. The Labute approximate surface area is 25.1 Å². The minimum Gasteiger partial charge on any atom is -0.350 e. The first-order valence-corrected chi connectivity index (χ1v) is 1.47. The van der Waals surface area contributed by atoms with Gasteiger partial charge in [-0.05, 0) is 0 Å². The summed E-state index contributed by atoms with van der Waals surface area (Å²) in [5.74, 6) is 0. The SMILES string of the molecule is OOPO. The van der Waals surface area contributed by atoms with Crippen LogP contribution in [0.3, 0.4) is 0 Å². The van der Waals surface area contributed by atoms with Gasteiger partial charge in [0.1, 0.15) is 0 Å². The molecule has 0 bridgehead atoms. The smallest absolute Gasteiger partial charge is 0.191 e. The summed E-state index contributed by atoms with van der Waals surface area (Å²) in [5.41, 5.74) is 0. The summed E-state index contributed by atoms with van der Waals surface area (Å²) in [4.78, 5) is 7.43. The fourth-order valence-electron chi connectivity index (χ4n) is 0. The zero-order chi connectivity index (χ0) is 3.41. The summed E-state index contributed by atoms with van der Waals surface area (Å²) in [5, 5.41) is 7.14. The lowest BCUT2D eigenvalue weighted by Gasteiger charge is -1.72. The molecule has 0 spiro atoms. The van der Waals surface area contributed by atoms with Crippen molar-refractivity contribution in [1.82, 2.24) is 0 Å². The molecule has 3 nitrogen and oxygen atoms in total. The van der Waals surface area contributed by atoms with Gasteiger partial charge in [0, 0.05) is 0 Å². The normalized spacial score (nSPS) is 10.5. The van der Waals surface area contributed by atoms with E-state index < -0.39 is 9.03 Å². The van der Waals surface area contributed by atoms with Crippen LogP contribution in [0, 0.1) is 0 Å². The van der Waals surface area contributed by atoms with E-state index in [1.54, 1.807) is 0 Å². The number of hydrogen-bond donors (Lipinski definition) is 2. The Bertz CT molecular complexity index is 5.25. The van der Waals surface area contributed by atoms with Gasteiger partial charge >= 0.3 is 0 Å². The second-order valence-electron chi connectivity index (χ2n) is 0.183. The minimum absolute atomic E-state index is 0.804. The summed E-state index contributed by atoms with van der Waals surface area (Å²) < 4.78 is 3.12. The summed E-state index contributed by atoms with van der Waals surface area (Å²) >= 11 is 0. The van der Waals surface area contributed by atoms with Crippen LogP contribution in [0.4, 0.5) is 0 Å². The van der Waals surface area contributed by atoms with Crippen LogP contribution in [0.25, 0.3) is 0 Å². The summed E-state index contributed by atoms with van der Waals surface area (Å²) in [7, 11) is -0.804. The third-order valence-corrected chi connectivity index (χ3v) is 0.122. The molecule has 1 unspecified atom stereocenters. The van der Waals surface area contributed by atoms with Crippen LogP contribution in [0.2, 0.25) is 0 Å². The highest BCUT2D eigenvalue weighted by Gasteiger charge is 1.56. The lowest BCUT2D eigenvalue weighted by Crippen LogP contribution is -1.52. The molecule has 0 saturated carbocycles. The van der Waals surface area contributed by atoms with Gasteiger partial charge in [0.2, 0.25) is 0 Å². The Morgan fingerprint density at radius 1 is 1.75 bits per heavy atom. The van der Waals surface area contributed by atoms with Gasteiger partial charge in [-0.3, -0.25) is 0 Å². The third kappa shape index (κ3) is 2.31. The highest BCUT2D eigenvalue weighted by molar-refractivity contribution is 7.24.